The van der Waals surface area contributed by atoms with Gasteiger partial charge in [0.1, 0.15) is 66.2 Å². The number of aromatic hydroxyl groups is 1. The Morgan fingerprint density at radius 1 is 0.567 bits per heavy atom. The molecule has 10 atom stereocenters. The number of fused-ring (bicyclic) bond motifs is 2. The number of nitrogens with two attached hydrogens (primary N) is 3. The van der Waals surface area contributed by atoms with Crippen molar-refractivity contribution in [1.82, 2.24) is 57.7 Å². The van der Waals surface area contributed by atoms with Crippen LogP contribution in [-0.4, -0.2) is 179 Å². The number of guanidine groups is 1. The molecule has 3 heterocycles. The molecule has 488 valence electrons. The number of aliphatic imine (C=N–C) groups is 1. The topological polar surface area (TPSA) is 413 Å². The molecule has 3 aromatic rings. The molecule has 27 nitrogen and oxygen atoms in total. The zero-order valence-corrected chi connectivity index (χ0v) is 51.7. The lowest BCUT2D eigenvalue weighted by atomic mass is 9.99. The van der Waals surface area contributed by atoms with E-state index >= 15 is 4.79 Å². The third-order valence-electron chi connectivity index (χ3n) is 16.0. The molecule has 0 saturated carbocycles. The average molecular weight is 1250 g/mol. The fourth-order valence-electron chi connectivity index (χ4n) is 11.1. The van der Waals surface area contributed by atoms with Gasteiger partial charge in [0.05, 0.1) is 6.42 Å². The summed E-state index contributed by atoms with van der Waals surface area (Å²) >= 11 is 0. The summed E-state index contributed by atoms with van der Waals surface area (Å²) in [4.78, 5) is 167. The molecule has 6 rings (SSSR count). The number of phenols is 1. The van der Waals surface area contributed by atoms with Crippen molar-refractivity contribution in [3.05, 3.63) is 102 Å². The predicted molar refractivity (Wildman–Crippen MR) is 334 cm³/mol. The molecule has 27 heteroatoms. The summed E-state index contributed by atoms with van der Waals surface area (Å²) in [6.07, 6.45) is 1.02. The van der Waals surface area contributed by atoms with Crippen LogP contribution >= 0.6 is 0 Å². The van der Waals surface area contributed by atoms with Gasteiger partial charge in [-0.1, -0.05) is 93.6 Å². The number of nitrogens with zero attached hydrogens (tertiary/aromatic N) is 3. The van der Waals surface area contributed by atoms with Crippen molar-refractivity contribution in [3.8, 4) is 5.75 Å². The van der Waals surface area contributed by atoms with Crippen LogP contribution < -0.4 is 65.1 Å². The highest BCUT2D eigenvalue weighted by atomic mass is 16.3. The summed E-state index contributed by atoms with van der Waals surface area (Å²) < 4.78 is 0. The first-order valence-corrected chi connectivity index (χ1v) is 31.0. The number of hydrogen-bond donors (Lipinski definition) is 13. The van der Waals surface area contributed by atoms with E-state index in [1.54, 1.807) is 74.5 Å². The summed E-state index contributed by atoms with van der Waals surface area (Å²) in [5.41, 5.74) is 18.9. The monoisotopic (exact) mass is 1250 g/mol. The normalized spacial score (nSPS) is 24.8. The minimum absolute atomic E-state index is 0.00319. The largest absolute Gasteiger partial charge is 0.508 e. The number of benzene rings is 3. The first kappa shape index (κ1) is 70.0. The zero-order chi connectivity index (χ0) is 65.4. The fraction of sp³-hybridized carbons (Fsp3) is 0.524. The van der Waals surface area contributed by atoms with Gasteiger partial charge in [0.2, 0.25) is 65.0 Å². The zero-order valence-electron chi connectivity index (χ0n) is 51.7. The van der Waals surface area contributed by atoms with Gasteiger partial charge in [-0.15, -0.1) is 0 Å². The molecule has 0 unspecified atom stereocenters. The Labute approximate surface area is 524 Å². The number of hydrogen-bond acceptors (Lipinski definition) is 14. The van der Waals surface area contributed by atoms with E-state index in [1.165, 1.54) is 41.0 Å². The quantitative estimate of drug-likeness (QED) is 0.0399. The number of nitrogens with one attached hydrogen (secondary N) is 9. The first-order chi connectivity index (χ1) is 43.1. The summed E-state index contributed by atoms with van der Waals surface area (Å²) in [6, 6.07) is 9.92. The number of carbonyl (C=O) groups is 11. The fourth-order valence-corrected chi connectivity index (χ4v) is 11.1. The van der Waals surface area contributed by atoms with E-state index in [1.807, 2.05) is 6.92 Å². The van der Waals surface area contributed by atoms with E-state index in [-0.39, 0.29) is 102 Å². The molecule has 3 aromatic carbocycles. The lowest BCUT2D eigenvalue weighted by Gasteiger charge is -2.33. The van der Waals surface area contributed by atoms with Crippen molar-refractivity contribution in [2.24, 2.45) is 28.1 Å². The van der Waals surface area contributed by atoms with Crippen molar-refractivity contribution >= 4 is 70.9 Å². The molecular weight excluding hydrogens is 1160 g/mol. The lowest BCUT2D eigenvalue weighted by Crippen LogP contribution is -2.62. The molecule has 11 amide bonds. The molecule has 0 aliphatic carbocycles. The Morgan fingerprint density at radius 2 is 1.02 bits per heavy atom. The minimum atomic E-state index is -1.68. The van der Waals surface area contributed by atoms with Crippen LogP contribution in [-0.2, 0) is 72.0 Å². The number of amides is 11. The molecule has 0 bridgehead atoms. The molecule has 3 aliphatic rings. The molecule has 0 radical (unpaired) electrons. The van der Waals surface area contributed by atoms with Gasteiger partial charge in [0, 0.05) is 45.4 Å². The molecule has 3 fully saturated rings. The van der Waals surface area contributed by atoms with Gasteiger partial charge in [-0.05, 0) is 106 Å². The van der Waals surface area contributed by atoms with Crippen molar-refractivity contribution < 1.29 is 57.8 Å². The van der Waals surface area contributed by atoms with E-state index in [2.05, 4.69) is 52.8 Å². The summed E-state index contributed by atoms with van der Waals surface area (Å²) in [5.74, 6) is -9.44. The summed E-state index contributed by atoms with van der Waals surface area (Å²) in [5, 5.41) is 34.6. The van der Waals surface area contributed by atoms with Crippen molar-refractivity contribution in [1.29, 1.82) is 0 Å². The van der Waals surface area contributed by atoms with Gasteiger partial charge in [-0.2, -0.15) is 0 Å². The number of rotatable bonds is 18. The van der Waals surface area contributed by atoms with Crippen LogP contribution in [0.1, 0.15) is 109 Å². The maximum atomic E-state index is 15.1. The minimum Gasteiger partial charge on any atom is -0.508 e. The van der Waals surface area contributed by atoms with E-state index < -0.39 is 138 Å². The molecule has 0 aromatic heterocycles. The molecule has 0 spiro atoms. The SMILES string of the molecule is CCCNC(=O)C[C@@H]1NC(=O)[C@@H](CCCN=C(N)N)NC(=O)[C@@H](Cc2ccccc2)NC(=O)[C@@H]2CCCN2C(=O)[C@@H](Cc2ccccc2)NC(=O)[C@@H]2CCCN2C(=O)[C@H](CCCN)NC(=O)[C@H](C(C)C)NC(=O)[C@H](Cc2ccc(O)cc2)NC(=O)[C@@H](C)NC1=O. The van der Waals surface area contributed by atoms with Crippen molar-refractivity contribution in [2.45, 2.75) is 172 Å². The molecule has 3 saturated heterocycles. The second-order valence-electron chi connectivity index (χ2n) is 23.4. The van der Waals surface area contributed by atoms with Crippen LogP contribution in [0.3, 0.4) is 0 Å². The van der Waals surface area contributed by atoms with Gasteiger partial charge in [0.25, 0.3) is 0 Å². The molecule has 90 heavy (non-hydrogen) atoms. The summed E-state index contributed by atoms with van der Waals surface area (Å²) in [6.45, 7) is 7.01. The summed E-state index contributed by atoms with van der Waals surface area (Å²) in [7, 11) is 0. The third-order valence-corrected chi connectivity index (χ3v) is 16.0. The predicted octanol–water partition coefficient (Wildman–Crippen LogP) is -1.32. The highest BCUT2D eigenvalue weighted by molar-refractivity contribution is 6.00. The Hall–Kier alpha value is -9.14. The Morgan fingerprint density at radius 3 is 1.57 bits per heavy atom. The standard InChI is InChI=1S/C63H89N15O12/c1-5-29-67-51(80)36-47-55(83)69-38(4)53(81)72-46(34-41-24-26-42(79)27-25-41)57(85)76-52(37(2)3)60(88)71-44(20-12-28-64)61(89)77-31-14-23-50(77)59(87)75-48(35-40-18-10-7-11-19-40)62(90)78-32-15-22-49(78)58(86)74-45(33-39-16-8-6-9-17-39)56(84)70-43(54(82)73-47)21-13-30-68-63(65)66/h6-11,16-19,24-27,37-38,43-50,52,79H,5,12-15,20-23,28-36,64H2,1-4H3,(H,67,80)(H,69,83)(H,70,84)(H,71,88)(H,72,81)(H,73,82)(H,74,86)(H,75,87)(H,76,85)(H4,65,66,68)/t38-,43-,44+,45-,46+,47+,48-,49+,50+,52+/m1/s1. The maximum Gasteiger partial charge on any atom is 0.246 e. The number of carbonyl (C=O) groups excluding carboxylic acids is 11. The third kappa shape index (κ3) is 20.7. The van der Waals surface area contributed by atoms with Gasteiger partial charge in [0.15, 0.2) is 5.96 Å². The van der Waals surface area contributed by atoms with Crippen LogP contribution in [0.4, 0.5) is 0 Å². The Bertz CT molecular complexity index is 3000. The highest BCUT2D eigenvalue weighted by Gasteiger charge is 2.43. The van der Waals surface area contributed by atoms with Gasteiger partial charge in [-0.25, -0.2) is 0 Å². The van der Waals surface area contributed by atoms with Crippen molar-refractivity contribution in [2.75, 3.05) is 32.7 Å². The Balaban J connectivity index is 1.43. The second-order valence-corrected chi connectivity index (χ2v) is 23.4. The van der Waals surface area contributed by atoms with Crippen molar-refractivity contribution in [3.63, 3.8) is 0 Å². The average Bonchev–Trinajstić information content (AvgIpc) is 3.16. The van der Waals surface area contributed by atoms with Crippen LogP contribution in [0.25, 0.3) is 0 Å². The Kier molecular flexibility index (Phi) is 26.9. The maximum absolute atomic E-state index is 15.1. The molecular formula is C63H89N15O12. The van der Waals surface area contributed by atoms with Crippen LogP contribution in [0.5, 0.6) is 5.75 Å². The van der Waals surface area contributed by atoms with Crippen LogP contribution in [0.15, 0.2) is 89.9 Å². The molecule has 3 aliphatic heterocycles. The van der Waals surface area contributed by atoms with E-state index in [0.29, 0.717) is 36.0 Å². The first-order valence-electron chi connectivity index (χ1n) is 31.0. The molecule has 16 N–H and O–H groups in total. The van der Waals surface area contributed by atoms with Crippen LogP contribution in [0, 0.1) is 5.92 Å². The lowest BCUT2D eigenvalue weighted by molar-refractivity contribution is -0.145. The highest BCUT2D eigenvalue weighted by Crippen LogP contribution is 2.24. The smallest absolute Gasteiger partial charge is 0.246 e. The van der Waals surface area contributed by atoms with E-state index in [0.717, 1.165) is 0 Å². The van der Waals surface area contributed by atoms with E-state index in [9.17, 15) is 53.1 Å². The number of phenolic OH excluding ortho intramolecular Hbond substituents is 1. The van der Waals surface area contributed by atoms with Crippen LogP contribution in [0.2, 0.25) is 0 Å². The van der Waals surface area contributed by atoms with Gasteiger partial charge in [-0.3, -0.25) is 57.7 Å². The van der Waals surface area contributed by atoms with Gasteiger partial charge >= 0.3 is 0 Å². The second kappa shape index (κ2) is 34.6. The van der Waals surface area contributed by atoms with Gasteiger partial charge < -0.3 is 80.0 Å². The van der Waals surface area contributed by atoms with E-state index in [4.69, 9.17) is 17.2 Å².